The minimum Gasteiger partial charge on any atom is -0.367 e. The van der Waals surface area contributed by atoms with Gasteiger partial charge in [0.05, 0.1) is 5.69 Å². The van der Waals surface area contributed by atoms with Gasteiger partial charge in [-0.25, -0.2) is 4.98 Å². The van der Waals surface area contributed by atoms with Crippen LogP contribution in [-0.2, 0) is 6.54 Å². The normalized spacial score (nSPS) is 15.4. The zero-order valence-corrected chi connectivity index (χ0v) is 10.2. The lowest BCUT2D eigenvalue weighted by Crippen LogP contribution is -2.19. The van der Waals surface area contributed by atoms with Crippen LogP contribution in [0.4, 0.5) is 5.82 Å². The second-order valence-corrected chi connectivity index (χ2v) is 4.96. The van der Waals surface area contributed by atoms with Crippen molar-refractivity contribution in [1.82, 2.24) is 10.3 Å². The summed E-state index contributed by atoms with van der Waals surface area (Å²) in [5.41, 5.74) is 1.12. The summed E-state index contributed by atoms with van der Waals surface area (Å²) in [6, 6.07) is 6.87. The Morgan fingerprint density at radius 1 is 1.38 bits per heavy atom. The lowest BCUT2D eigenvalue weighted by molar-refractivity contribution is 0.548. The van der Waals surface area contributed by atoms with Gasteiger partial charge in [0.25, 0.3) is 0 Å². The third kappa shape index (κ3) is 3.81. The molecule has 0 atom stereocenters. The Morgan fingerprint density at radius 2 is 2.19 bits per heavy atom. The van der Waals surface area contributed by atoms with Crippen LogP contribution in [0.25, 0.3) is 0 Å². The van der Waals surface area contributed by atoms with Gasteiger partial charge in [-0.1, -0.05) is 19.9 Å². The van der Waals surface area contributed by atoms with Gasteiger partial charge in [0, 0.05) is 12.6 Å². The summed E-state index contributed by atoms with van der Waals surface area (Å²) < 4.78 is 0. The van der Waals surface area contributed by atoms with E-state index in [1.165, 1.54) is 12.8 Å². The molecular weight excluding hydrogens is 198 g/mol. The minimum absolute atomic E-state index is 0.673. The fraction of sp³-hybridized carbons (Fsp3) is 0.615. The van der Waals surface area contributed by atoms with Crippen LogP contribution in [0.15, 0.2) is 18.2 Å². The molecule has 0 radical (unpaired) electrons. The van der Waals surface area contributed by atoms with Crippen molar-refractivity contribution in [2.45, 2.75) is 39.3 Å². The maximum Gasteiger partial charge on any atom is 0.126 e. The molecule has 3 nitrogen and oxygen atoms in total. The van der Waals surface area contributed by atoms with Crippen LogP contribution >= 0.6 is 0 Å². The number of hydrogen-bond acceptors (Lipinski definition) is 3. The van der Waals surface area contributed by atoms with Crippen LogP contribution < -0.4 is 10.6 Å². The van der Waals surface area contributed by atoms with E-state index in [-0.39, 0.29) is 0 Å². The second kappa shape index (κ2) is 5.30. The topological polar surface area (TPSA) is 37.0 Å². The molecule has 0 bridgehead atoms. The third-order valence-electron chi connectivity index (χ3n) is 2.59. The van der Waals surface area contributed by atoms with Crippen molar-refractivity contribution in [3.8, 4) is 0 Å². The first kappa shape index (κ1) is 11.4. The Kier molecular flexibility index (Phi) is 3.78. The van der Waals surface area contributed by atoms with Crippen LogP contribution in [0.5, 0.6) is 0 Å². The highest BCUT2D eigenvalue weighted by Gasteiger charge is 2.21. The average Bonchev–Trinajstić information content (AvgIpc) is 3.02. The molecule has 0 unspecified atom stereocenters. The smallest absolute Gasteiger partial charge is 0.126 e. The molecule has 1 aliphatic carbocycles. The number of pyridine rings is 1. The van der Waals surface area contributed by atoms with Gasteiger partial charge in [-0.15, -0.1) is 0 Å². The number of anilines is 1. The first-order valence-electron chi connectivity index (χ1n) is 6.17. The largest absolute Gasteiger partial charge is 0.367 e. The molecule has 1 aromatic rings. The summed E-state index contributed by atoms with van der Waals surface area (Å²) in [6.45, 7) is 6.33. The van der Waals surface area contributed by atoms with E-state index < -0.39 is 0 Å². The Morgan fingerprint density at radius 3 is 2.88 bits per heavy atom. The van der Waals surface area contributed by atoms with E-state index >= 15 is 0 Å². The van der Waals surface area contributed by atoms with Crippen molar-refractivity contribution in [2.24, 2.45) is 5.92 Å². The van der Waals surface area contributed by atoms with E-state index in [1.807, 2.05) is 6.07 Å². The molecule has 88 valence electrons. The predicted octanol–water partition coefficient (Wildman–Crippen LogP) is 2.40. The molecule has 0 aromatic carbocycles. The van der Waals surface area contributed by atoms with Crippen molar-refractivity contribution in [3.63, 3.8) is 0 Å². The van der Waals surface area contributed by atoms with E-state index in [9.17, 15) is 0 Å². The first-order chi connectivity index (χ1) is 7.74. The molecule has 0 aliphatic heterocycles. The predicted molar refractivity (Wildman–Crippen MR) is 67.4 cm³/mol. The van der Waals surface area contributed by atoms with Crippen LogP contribution in [0.1, 0.15) is 32.4 Å². The molecule has 3 heteroatoms. The zero-order chi connectivity index (χ0) is 11.4. The third-order valence-corrected chi connectivity index (χ3v) is 2.59. The lowest BCUT2D eigenvalue weighted by Gasteiger charge is -2.08. The highest BCUT2D eigenvalue weighted by molar-refractivity contribution is 5.37. The highest BCUT2D eigenvalue weighted by atomic mass is 15.0. The molecule has 1 heterocycles. The van der Waals surface area contributed by atoms with Gasteiger partial charge in [0.1, 0.15) is 5.82 Å². The monoisotopic (exact) mass is 219 g/mol. The Hall–Kier alpha value is -1.09. The molecule has 2 rings (SSSR count). The van der Waals surface area contributed by atoms with Crippen molar-refractivity contribution < 1.29 is 0 Å². The van der Waals surface area contributed by atoms with Gasteiger partial charge < -0.3 is 10.6 Å². The molecule has 1 aliphatic rings. The quantitative estimate of drug-likeness (QED) is 0.771. The number of nitrogens with one attached hydrogen (secondary N) is 2. The summed E-state index contributed by atoms with van der Waals surface area (Å²) in [6.07, 6.45) is 2.58. The maximum atomic E-state index is 4.58. The first-order valence-corrected chi connectivity index (χ1v) is 6.17. The van der Waals surface area contributed by atoms with Gasteiger partial charge >= 0.3 is 0 Å². The molecule has 0 saturated heterocycles. The fourth-order valence-corrected chi connectivity index (χ4v) is 1.58. The van der Waals surface area contributed by atoms with Crippen LogP contribution in [0.3, 0.4) is 0 Å². The van der Waals surface area contributed by atoms with E-state index in [4.69, 9.17) is 0 Å². The zero-order valence-electron chi connectivity index (χ0n) is 10.2. The molecule has 2 N–H and O–H groups in total. The van der Waals surface area contributed by atoms with Gasteiger partial charge in [0.15, 0.2) is 0 Å². The van der Waals surface area contributed by atoms with Crippen LogP contribution in [0.2, 0.25) is 0 Å². The second-order valence-electron chi connectivity index (χ2n) is 4.96. The van der Waals surface area contributed by atoms with E-state index in [0.717, 1.165) is 24.6 Å². The average molecular weight is 219 g/mol. The van der Waals surface area contributed by atoms with Crippen LogP contribution in [-0.4, -0.2) is 17.6 Å². The number of aromatic nitrogens is 1. The summed E-state index contributed by atoms with van der Waals surface area (Å²) in [5.74, 6) is 1.71. The molecule has 1 fully saturated rings. The van der Waals surface area contributed by atoms with Gasteiger partial charge in [-0.2, -0.15) is 0 Å². The molecule has 0 amide bonds. The summed E-state index contributed by atoms with van der Waals surface area (Å²) in [5, 5.41) is 6.82. The van der Waals surface area contributed by atoms with Crippen LogP contribution in [0, 0.1) is 5.92 Å². The highest BCUT2D eigenvalue weighted by Crippen LogP contribution is 2.23. The summed E-state index contributed by atoms with van der Waals surface area (Å²) in [7, 11) is 0. The molecule has 1 saturated carbocycles. The van der Waals surface area contributed by atoms with Crippen molar-refractivity contribution in [1.29, 1.82) is 0 Å². The van der Waals surface area contributed by atoms with Gasteiger partial charge in [-0.3, -0.25) is 0 Å². The number of hydrogen-bond donors (Lipinski definition) is 2. The van der Waals surface area contributed by atoms with Crippen molar-refractivity contribution in [3.05, 3.63) is 23.9 Å². The van der Waals surface area contributed by atoms with Crippen molar-refractivity contribution in [2.75, 3.05) is 11.9 Å². The molecule has 16 heavy (non-hydrogen) atoms. The summed E-state index contributed by atoms with van der Waals surface area (Å²) in [4.78, 5) is 4.58. The Balaban J connectivity index is 1.83. The molecule has 1 aromatic heterocycles. The minimum atomic E-state index is 0.673. The maximum absolute atomic E-state index is 4.58. The molecular formula is C13H21N3. The van der Waals surface area contributed by atoms with Gasteiger partial charge in [-0.05, 0) is 37.4 Å². The standard InChI is InChI=1S/C13H21N3/c1-10(2)8-14-9-12-4-3-5-13(16-12)15-11-6-7-11/h3-5,10-11,14H,6-9H2,1-2H3,(H,15,16). The van der Waals surface area contributed by atoms with E-state index in [1.54, 1.807) is 0 Å². The van der Waals surface area contributed by atoms with Crippen molar-refractivity contribution >= 4 is 5.82 Å². The SMILES string of the molecule is CC(C)CNCc1cccc(NC2CC2)n1. The van der Waals surface area contributed by atoms with E-state index in [0.29, 0.717) is 12.0 Å². The van der Waals surface area contributed by atoms with E-state index in [2.05, 4.69) is 41.6 Å². The lowest BCUT2D eigenvalue weighted by atomic mass is 10.2. The number of rotatable bonds is 6. The molecule has 0 spiro atoms. The Bertz CT molecular complexity index is 332. The number of nitrogens with zero attached hydrogens (tertiary/aromatic N) is 1. The summed E-state index contributed by atoms with van der Waals surface area (Å²) >= 11 is 0. The van der Waals surface area contributed by atoms with Gasteiger partial charge in [0.2, 0.25) is 0 Å². The Labute approximate surface area is 97.7 Å². The fourth-order valence-electron chi connectivity index (χ4n) is 1.58.